The number of carboxylic acids is 1. The molecule has 0 heterocycles. The second-order valence-electron chi connectivity index (χ2n) is 4.13. The van der Waals surface area contributed by atoms with Gasteiger partial charge in [0, 0.05) is 0 Å². The van der Waals surface area contributed by atoms with Gasteiger partial charge in [-0.05, 0) is 30.9 Å². The van der Waals surface area contributed by atoms with Crippen LogP contribution in [0.3, 0.4) is 0 Å². The fourth-order valence-electron chi connectivity index (χ4n) is 2.30. The lowest BCUT2D eigenvalue weighted by molar-refractivity contribution is -0.146. The number of hydrogen-bond donors (Lipinski definition) is 2. The third kappa shape index (κ3) is 1.38. The molecule has 0 fully saturated rings. The Morgan fingerprint density at radius 1 is 1.56 bits per heavy atom. The first-order valence-electron chi connectivity index (χ1n) is 5.15. The summed E-state index contributed by atoms with van der Waals surface area (Å²) >= 11 is 0. The fourth-order valence-corrected chi connectivity index (χ4v) is 2.30. The average molecular weight is 219 g/mol. The molecule has 84 valence electrons. The van der Waals surface area contributed by atoms with Gasteiger partial charge in [0.1, 0.15) is 0 Å². The van der Waals surface area contributed by atoms with E-state index in [-0.39, 0.29) is 0 Å². The van der Waals surface area contributed by atoms with Crippen molar-refractivity contribution in [3.05, 3.63) is 34.9 Å². The second-order valence-corrected chi connectivity index (χ2v) is 4.13. The van der Waals surface area contributed by atoms with E-state index < -0.39 is 11.5 Å². The molecule has 1 aromatic rings. The van der Waals surface area contributed by atoms with Gasteiger partial charge in [0.25, 0.3) is 0 Å². The monoisotopic (exact) mass is 219 g/mol. The molecule has 0 aliphatic heterocycles. The molecule has 2 rings (SSSR count). The topological polar surface area (TPSA) is 66.4 Å². The summed E-state index contributed by atoms with van der Waals surface area (Å²) in [6.07, 6.45) is 1.56. The van der Waals surface area contributed by atoms with Crippen molar-refractivity contribution in [2.45, 2.75) is 25.3 Å². The summed E-state index contributed by atoms with van der Waals surface area (Å²) in [5, 5.41) is 11.8. The Labute approximate surface area is 93.3 Å². The van der Waals surface area contributed by atoms with Crippen LogP contribution in [0.1, 0.15) is 23.1 Å². The van der Waals surface area contributed by atoms with Crippen LogP contribution < -0.4 is 5.32 Å². The number of benzene rings is 1. The zero-order chi connectivity index (χ0) is 11.8. The predicted octanol–water partition coefficient (Wildman–Crippen LogP) is 0.967. The minimum Gasteiger partial charge on any atom is -0.479 e. The number of hydrogen-bond acceptors (Lipinski definition) is 2. The van der Waals surface area contributed by atoms with E-state index in [2.05, 4.69) is 5.32 Å². The molecule has 0 bridgehead atoms. The van der Waals surface area contributed by atoms with E-state index in [4.69, 9.17) is 0 Å². The summed E-state index contributed by atoms with van der Waals surface area (Å²) in [6, 6.07) is 5.73. The van der Waals surface area contributed by atoms with Crippen LogP contribution in [0.4, 0.5) is 0 Å². The van der Waals surface area contributed by atoms with Crippen LogP contribution in [0.25, 0.3) is 0 Å². The Kier molecular flexibility index (Phi) is 2.42. The molecule has 1 atom stereocenters. The van der Waals surface area contributed by atoms with Gasteiger partial charge in [-0.15, -0.1) is 0 Å². The summed E-state index contributed by atoms with van der Waals surface area (Å²) in [5.41, 5.74) is 1.48. The lowest BCUT2D eigenvalue weighted by atomic mass is 9.91. The zero-order valence-corrected chi connectivity index (χ0v) is 8.99. The van der Waals surface area contributed by atoms with Crippen LogP contribution >= 0.6 is 0 Å². The van der Waals surface area contributed by atoms with Gasteiger partial charge in [-0.2, -0.15) is 0 Å². The molecule has 0 aromatic heterocycles. The highest BCUT2D eigenvalue weighted by Crippen LogP contribution is 2.37. The van der Waals surface area contributed by atoms with E-state index in [1.54, 1.807) is 0 Å². The molecular weight excluding hydrogens is 206 g/mol. The summed E-state index contributed by atoms with van der Waals surface area (Å²) in [6.45, 7) is 1.91. The Hall–Kier alpha value is -1.84. The van der Waals surface area contributed by atoms with E-state index in [0.717, 1.165) is 11.1 Å². The van der Waals surface area contributed by atoms with Crippen molar-refractivity contribution in [3.63, 3.8) is 0 Å². The standard InChI is InChI=1S/C12H13NO3/c1-8-2-3-9-4-5-12(11(15)16,13-7-14)10(9)6-8/h2-3,6-7H,4-5H2,1H3,(H,13,14)(H,15,16). The molecule has 1 amide bonds. The highest BCUT2D eigenvalue weighted by Gasteiger charge is 2.45. The van der Waals surface area contributed by atoms with Crippen LogP contribution in [0.2, 0.25) is 0 Å². The van der Waals surface area contributed by atoms with Gasteiger partial charge >= 0.3 is 5.97 Å². The molecule has 0 radical (unpaired) electrons. The molecule has 1 aromatic carbocycles. The van der Waals surface area contributed by atoms with Gasteiger partial charge in [0.15, 0.2) is 5.54 Å². The van der Waals surface area contributed by atoms with Crippen molar-refractivity contribution < 1.29 is 14.7 Å². The van der Waals surface area contributed by atoms with Gasteiger partial charge in [-0.25, -0.2) is 4.79 Å². The van der Waals surface area contributed by atoms with Crippen LogP contribution in [0.5, 0.6) is 0 Å². The lowest BCUT2D eigenvalue weighted by Crippen LogP contribution is -2.46. The molecule has 0 saturated carbocycles. The molecule has 16 heavy (non-hydrogen) atoms. The Morgan fingerprint density at radius 3 is 2.94 bits per heavy atom. The minimum absolute atomic E-state index is 0.417. The zero-order valence-electron chi connectivity index (χ0n) is 8.99. The average Bonchev–Trinajstić information content (AvgIpc) is 2.59. The maximum Gasteiger partial charge on any atom is 0.334 e. The third-order valence-corrected chi connectivity index (χ3v) is 3.16. The van der Waals surface area contributed by atoms with E-state index in [1.807, 2.05) is 25.1 Å². The van der Waals surface area contributed by atoms with E-state index in [9.17, 15) is 14.7 Å². The normalized spacial score (nSPS) is 22.6. The maximum absolute atomic E-state index is 11.4. The largest absolute Gasteiger partial charge is 0.479 e. The van der Waals surface area contributed by atoms with Crippen LogP contribution in [0, 0.1) is 6.92 Å². The molecule has 2 N–H and O–H groups in total. The van der Waals surface area contributed by atoms with Crippen molar-refractivity contribution in [1.29, 1.82) is 0 Å². The van der Waals surface area contributed by atoms with Crippen LogP contribution in [-0.2, 0) is 21.5 Å². The van der Waals surface area contributed by atoms with E-state index in [0.29, 0.717) is 24.8 Å². The van der Waals surface area contributed by atoms with Crippen LogP contribution in [-0.4, -0.2) is 17.5 Å². The molecule has 4 heteroatoms. The number of carbonyl (C=O) groups is 2. The van der Waals surface area contributed by atoms with Crippen molar-refractivity contribution >= 4 is 12.4 Å². The maximum atomic E-state index is 11.4. The number of carboxylic acid groups (broad SMARTS) is 1. The van der Waals surface area contributed by atoms with Crippen molar-refractivity contribution in [1.82, 2.24) is 5.32 Å². The number of amides is 1. The van der Waals surface area contributed by atoms with Crippen molar-refractivity contribution in [2.24, 2.45) is 0 Å². The summed E-state index contributed by atoms with van der Waals surface area (Å²) < 4.78 is 0. The molecule has 1 aliphatic rings. The van der Waals surface area contributed by atoms with E-state index >= 15 is 0 Å². The smallest absolute Gasteiger partial charge is 0.334 e. The second kappa shape index (κ2) is 3.63. The SMILES string of the molecule is Cc1ccc2c(c1)C(NC=O)(C(=O)O)CC2. The van der Waals surface area contributed by atoms with Gasteiger partial charge in [-0.3, -0.25) is 4.79 Å². The highest BCUT2D eigenvalue weighted by molar-refractivity contribution is 5.85. The minimum atomic E-state index is -1.23. The molecule has 1 unspecified atom stereocenters. The quantitative estimate of drug-likeness (QED) is 0.744. The van der Waals surface area contributed by atoms with Gasteiger partial charge in [0.2, 0.25) is 6.41 Å². The molecular formula is C12H13NO3. The summed E-state index contributed by atoms with van der Waals surface area (Å²) in [5.74, 6) is -0.996. The Morgan fingerprint density at radius 2 is 2.31 bits per heavy atom. The van der Waals surface area contributed by atoms with Crippen LogP contribution in [0.15, 0.2) is 18.2 Å². The molecule has 4 nitrogen and oxygen atoms in total. The third-order valence-electron chi connectivity index (χ3n) is 3.16. The molecule has 0 spiro atoms. The van der Waals surface area contributed by atoms with E-state index in [1.165, 1.54) is 0 Å². The number of carbonyl (C=O) groups excluding carboxylic acids is 1. The van der Waals surface area contributed by atoms with Gasteiger partial charge in [-0.1, -0.05) is 23.8 Å². The predicted molar refractivity (Wildman–Crippen MR) is 58.0 cm³/mol. The number of aryl methyl sites for hydroxylation is 2. The number of fused-ring (bicyclic) bond motifs is 1. The van der Waals surface area contributed by atoms with Crippen molar-refractivity contribution in [3.8, 4) is 0 Å². The number of aliphatic carboxylic acids is 1. The lowest BCUT2D eigenvalue weighted by Gasteiger charge is -2.24. The highest BCUT2D eigenvalue weighted by atomic mass is 16.4. The fraction of sp³-hybridized carbons (Fsp3) is 0.333. The summed E-state index contributed by atoms with van der Waals surface area (Å²) in [4.78, 5) is 22.0. The molecule has 1 aliphatic carbocycles. The first kappa shape index (κ1) is 10.7. The number of rotatable bonds is 3. The first-order chi connectivity index (χ1) is 7.60. The van der Waals surface area contributed by atoms with Gasteiger partial charge in [0.05, 0.1) is 0 Å². The number of nitrogens with one attached hydrogen (secondary N) is 1. The summed E-state index contributed by atoms with van der Waals surface area (Å²) in [7, 11) is 0. The Balaban J connectivity index is 2.57. The Bertz CT molecular complexity index is 456. The van der Waals surface area contributed by atoms with Gasteiger partial charge < -0.3 is 10.4 Å². The van der Waals surface area contributed by atoms with Crippen molar-refractivity contribution in [2.75, 3.05) is 0 Å². The first-order valence-corrected chi connectivity index (χ1v) is 5.15. The molecule has 0 saturated heterocycles.